The monoisotopic (exact) mass is 786 g/mol. The lowest BCUT2D eigenvalue weighted by Gasteiger charge is -2.26. The van der Waals surface area contributed by atoms with Crippen molar-refractivity contribution in [2.24, 2.45) is 0 Å². The molecule has 0 spiro atoms. The Kier molecular flexibility index (Phi) is 12.6. The van der Waals surface area contributed by atoms with Gasteiger partial charge in [-0.05, 0) is 156 Å². The zero-order valence-electron chi connectivity index (χ0n) is 33.7. The maximum Gasteiger partial charge on any atom is 0.119 e. The molecule has 0 saturated heterocycles. The first-order valence-corrected chi connectivity index (χ1v) is 19.1. The fourth-order valence-corrected chi connectivity index (χ4v) is 6.76. The number of rotatable bonds is 14. The van der Waals surface area contributed by atoms with Crippen LogP contribution in [-0.2, 0) is 0 Å². The van der Waals surface area contributed by atoms with Crippen LogP contribution in [0.2, 0.25) is 0 Å². The fraction of sp³-hybridized carbons (Fsp3) is 0.0769. The van der Waals surface area contributed by atoms with Gasteiger partial charge in [0.15, 0.2) is 0 Å². The van der Waals surface area contributed by atoms with Crippen LogP contribution in [0.15, 0.2) is 158 Å². The van der Waals surface area contributed by atoms with Crippen molar-refractivity contribution < 1.29 is 18.9 Å². The molecule has 0 aliphatic carbocycles. The number of hydrogen-bond donors (Lipinski definition) is 0. The lowest BCUT2D eigenvalue weighted by molar-refractivity contribution is 0.414. The van der Waals surface area contributed by atoms with Crippen molar-refractivity contribution in [3.8, 4) is 35.1 Å². The Morgan fingerprint density at radius 2 is 0.583 bits per heavy atom. The van der Waals surface area contributed by atoms with Gasteiger partial charge in [0.25, 0.3) is 0 Å². The zero-order valence-corrected chi connectivity index (χ0v) is 33.7. The molecule has 8 heteroatoms. The molecule has 0 aliphatic heterocycles. The molecule has 0 N–H and O–H groups in total. The summed E-state index contributed by atoms with van der Waals surface area (Å²) >= 11 is 0. The van der Waals surface area contributed by atoms with Gasteiger partial charge in [0.2, 0.25) is 0 Å². The fourth-order valence-electron chi connectivity index (χ4n) is 6.76. The number of ether oxygens (including phenoxy) is 4. The second-order valence-electron chi connectivity index (χ2n) is 13.6. The number of anilines is 6. The van der Waals surface area contributed by atoms with E-state index >= 15 is 0 Å². The summed E-state index contributed by atoms with van der Waals surface area (Å²) in [5.41, 5.74) is 9.95. The van der Waals surface area contributed by atoms with Crippen LogP contribution < -0.4 is 28.7 Å². The molecular formula is C52H42N4O4. The summed E-state index contributed by atoms with van der Waals surface area (Å²) in [4.78, 5) is 4.31. The molecular weight excluding hydrogens is 745 g/mol. The number of nitrogens with zero attached hydrogens (tertiary/aromatic N) is 4. The third-order valence-corrected chi connectivity index (χ3v) is 10.00. The number of benzene rings is 7. The molecule has 0 aromatic heterocycles. The largest absolute Gasteiger partial charge is 0.497 e. The lowest BCUT2D eigenvalue weighted by atomic mass is 9.97. The van der Waals surface area contributed by atoms with Crippen LogP contribution in [0.4, 0.5) is 34.1 Å². The van der Waals surface area contributed by atoms with Crippen molar-refractivity contribution in [2.45, 2.75) is 0 Å². The van der Waals surface area contributed by atoms with Crippen molar-refractivity contribution in [1.29, 1.82) is 10.5 Å². The van der Waals surface area contributed by atoms with E-state index in [-0.39, 0.29) is 0 Å². The maximum absolute atomic E-state index is 10.2. The Bertz CT molecular complexity index is 2390. The first-order valence-electron chi connectivity index (χ1n) is 19.1. The smallest absolute Gasteiger partial charge is 0.119 e. The molecule has 0 aliphatic rings. The minimum absolute atomic E-state index is 0.469. The molecule has 0 bridgehead atoms. The third-order valence-electron chi connectivity index (χ3n) is 10.00. The van der Waals surface area contributed by atoms with Crippen LogP contribution in [0.5, 0.6) is 23.0 Å². The standard InChI is InChI=1S/C52H42N4O4/c1-57-49-25-17-45(18-26-49)55(46-19-27-50(58-2)28-20-46)43-13-7-37(8-14-43)5-11-39-33-42(36-54)40(34-41(39)35-53)12-6-38-9-15-44(16-10-38)56(47-21-29-51(59-3)30-22-47)48-23-31-52(60-4)32-24-48/h5-34H,1-4H3/b11-5-,12-6+. The summed E-state index contributed by atoms with van der Waals surface area (Å²) in [5, 5.41) is 20.3. The van der Waals surface area contributed by atoms with Gasteiger partial charge in [-0.25, -0.2) is 0 Å². The molecule has 0 atom stereocenters. The highest BCUT2D eigenvalue weighted by Crippen LogP contribution is 2.38. The van der Waals surface area contributed by atoms with Crippen LogP contribution in [0.3, 0.4) is 0 Å². The highest BCUT2D eigenvalue weighted by molar-refractivity contribution is 5.82. The van der Waals surface area contributed by atoms with Gasteiger partial charge in [-0.1, -0.05) is 48.6 Å². The predicted molar refractivity (Wildman–Crippen MR) is 242 cm³/mol. The molecule has 0 unspecified atom stereocenters. The van der Waals surface area contributed by atoms with Gasteiger partial charge in [0, 0.05) is 34.1 Å². The number of methoxy groups -OCH3 is 4. The quantitative estimate of drug-likeness (QED) is 0.101. The second-order valence-corrected chi connectivity index (χ2v) is 13.6. The van der Waals surface area contributed by atoms with E-state index in [0.29, 0.717) is 22.3 Å². The van der Waals surface area contributed by atoms with Gasteiger partial charge in [-0.2, -0.15) is 10.5 Å². The Morgan fingerprint density at radius 3 is 0.800 bits per heavy atom. The van der Waals surface area contributed by atoms with Crippen molar-refractivity contribution in [1.82, 2.24) is 0 Å². The van der Waals surface area contributed by atoms with E-state index in [4.69, 9.17) is 18.9 Å². The summed E-state index contributed by atoms with van der Waals surface area (Å²) in [6.07, 6.45) is 7.65. The zero-order chi connectivity index (χ0) is 41.8. The molecule has 0 saturated carbocycles. The molecule has 7 aromatic carbocycles. The van der Waals surface area contributed by atoms with E-state index < -0.39 is 0 Å². The molecule has 0 radical (unpaired) electrons. The first kappa shape index (κ1) is 40.0. The van der Waals surface area contributed by atoms with Gasteiger partial charge < -0.3 is 28.7 Å². The average molecular weight is 787 g/mol. The molecule has 7 rings (SSSR count). The van der Waals surface area contributed by atoms with E-state index in [9.17, 15) is 10.5 Å². The van der Waals surface area contributed by atoms with Gasteiger partial charge >= 0.3 is 0 Å². The molecule has 8 nitrogen and oxygen atoms in total. The van der Waals surface area contributed by atoms with E-state index in [1.165, 1.54) is 0 Å². The highest BCUT2D eigenvalue weighted by atomic mass is 16.5. The van der Waals surface area contributed by atoms with Crippen LogP contribution in [0.25, 0.3) is 24.3 Å². The normalized spacial score (nSPS) is 10.8. The van der Waals surface area contributed by atoms with Gasteiger partial charge in [0.1, 0.15) is 23.0 Å². The minimum atomic E-state index is 0.469. The third kappa shape index (κ3) is 9.16. The first-order chi connectivity index (χ1) is 29.4. The Balaban J connectivity index is 1.11. The van der Waals surface area contributed by atoms with E-state index in [1.54, 1.807) is 40.6 Å². The van der Waals surface area contributed by atoms with Gasteiger partial charge in [0.05, 0.1) is 51.7 Å². The van der Waals surface area contributed by atoms with E-state index in [1.807, 2.05) is 146 Å². The molecule has 0 fully saturated rings. The molecule has 0 amide bonds. The van der Waals surface area contributed by atoms with Crippen molar-refractivity contribution in [3.63, 3.8) is 0 Å². The van der Waals surface area contributed by atoms with Crippen molar-refractivity contribution >= 4 is 58.4 Å². The van der Waals surface area contributed by atoms with Crippen LogP contribution >= 0.6 is 0 Å². The lowest BCUT2D eigenvalue weighted by Crippen LogP contribution is -2.09. The van der Waals surface area contributed by atoms with Gasteiger partial charge in [-0.15, -0.1) is 0 Å². The SMILES string of the molecule is COc1ccc(N(c2ccc(/C=C\c3cc(C#N)c(/C=C/c4ccc(N(c5ccc(OC)cc5)c5ccc(OC)cc5)cc4)cc3C#N)cc2)c2ccc(OC)cc2)cc1. The summed E-state index contributed by atoms with van der Waals surface area (Å²) in [7, 11) is 6.61. The van der Waals surface area contributed by atoms with Crippen LogP contribution in [0, 0.1) is 22.7 Å². The van der Waals surface area contributed by atoms with Crippen LogP contribution in [0.1, 0.15) is 33.4 Å². The van der Waals surface area contributed by atoms with Crippen molar-refractivity contribution in [2.75, 3.05) is 38.2 Å². The summed E-state index contributed by atoms with van der Waals surface area (Å²) in [6.45, 7) is 0. The maximum atomic E-state index is 10.2. The highest BCUT2D eigenvalue weighted by Gasteiger charge is 2.15. The molecule has 0 heterocycles. The Morgan fingerprint density at radius 1 is 0.350 bits per heavy atom. The van der Waals surface area contributed by atoms with Crippen LogP contribution in [-0.4, -0.2) is 28.4 Å². The molecule has 294 valence electrons. The second kappa shape index (κ2) is 18.8. The summed E-state index contributed by atoms with van der Waals surface area (Å²) < 4.78 is 21.6. The predicted octanol–water partition coefficient (Wildman–Crippen LogP) is 12.7. The van der Waals surface area contributed by atoms with Gasteiger partial charge in [-0.3, -0.25) is 0 Å². The van der Waals surface area contributed by atoms with E-state index in [2.05, 4.69) is 46.2 Å². The average Bonchev–Trinajstić information content (AvgIpc) is 3.32. The Hall–Kier alpha value is -8.20. The minimum Gasteiger partial charge on any atom is -0.497 e. The summed E-state index contributed by atoms with van der Waals surface area (Å²) in [5.74, 6) is 3.11. The Labute approximate surface area is 351 Å². The number of nitriles is 2. The topological polar surface area (TPSA) is 91.0 Å². The summed E-state index contributed by atoms with van der Waals surface area (Å²) in [6, 6.07) is 56.1. The molecule has 60 heavy (non-hydrogen) atoms. The molecule has 7 aromatic rings. The number of hydrogen-bond acceptors (Lipinski definition) is 8. The van der Waals surface area contributed by atoms with E-state index in [0.717, 1.165) is 68.2 Å². The van der Waals surface area contributed by atoms with Crippen molar-refractivity contribution in [3.05, 3.63) is 191 Å².